The number of hydrogen-bond donors (Lipinski definition) is 1. The Bertz CT molecular complexity index is 625. The lowest BCUT2D eigenvalue weighted by atomic mass is 9.96. The summed E-state index contributed by atoms with van der Waals surface area (Å²) in [6.45, 7) is 3.35. The zero-order valence-corrected chi connectivity index (χ0v) is 19.2. The second-order valence-electron chi connectivity index (χ2n) is 5.98. The normalized spacial score (nSPS) is 16.3. The van der Waals surface area contributed by atoms with Gasteiger partial charge in [0.15, 0.2) is 0 Å². The standard InChI is InChI=1S/C9H16.C7H5NO5.C3H5IO2S/c1-9-7-5-3-2-4-6-8-9;9-7(10)13-6-3-1-5(2-4-6)8(11)12;4-7-2-1-6-3-5/h2-3,9H,4-8H2,1H3;1-4H,(H,9,10);3H,1-2H2/b3-2+;;. The second-order valence-corrected chi connectivity index (χ2v) is 8.48. The number of nitro benzene ring substituents is 1. The molecule has 1 unspecified atom stereocenters. The fraction of sp³-hybridized carbons (Fsp3) is 0.474. The fourth-order valence-electron chi connectivity index (χ4n) is 2.21. The summed E-state index contributed by atoms with van der Waals surface area (Å²) in [7, 11) is 1.63. The maximum atomic E-state index is 10.2. The van der Waals surface area contributed by atoms with Gasteiger partial charge in [-0.3, -0.25) is 14.9 Å². The Balaban J connectivity index is 0.000000430. The van der Waals surface area contributed by atoms with Gasteiger partial charge >= 0.3 is 6.16 Å². The van der Waals surface area contributed by atoms with Gasteiger partial charge in [0.25, 0.3) is 12.2 Å². The third kappa shape index (κ3) is 16.8. The van der Waals surface area contributed by atoms with Crippen molar-refractivity contribution < 1.29 is 29.1 Å². The van der Waals surface area contributed by atoms with E-state index >= 15 is 0 Å². The van der Waals surface area contributed by atoms with Crippen molar-refractivity contribution in [1.82, 2.24) is 0 Å². The molecule has 1 aliphatic rings. The number of benzene rings is 1. The van der Waals surface area contributed by atoms with Crippen LogP contribution < -0.4 is 4.74 Å². The molecule has 0 saturated carbocycles. The molecule has 1 aliphatic carbocycles. The van der Waals surface area contributed by atoms with E-state index in [0.717, 1.165) is 23.8 Å². The molecule has 10 heteroatoms. The number of nitro groups is 1. The number of carbonyl (C=O) groups excluding carboxylic acids is 1. The highest BCUT2D eigenvalue weighted by Crippen LogP contribution is 2.18. The van der Waals surface area contributed by atoms with E-state index in [1.165, 1.54) is 44.2 Å². The predicted molar refractivity (Wildman–Crippen MR) is 122 cm³/mol. The van der Waals surface area contributed by atoms with Gasteiger partial charge < -0.3 is 14.6 Å². The monoisotopic (exact) mass is 539 g/mol. The highest BCUT2D eigenvalue weighted by atomic mass is 127. The molecule has 0 amide bonds. The topological polar surface area (TPSA) is 116 Å². The fourth-order valence-corrected chi connectivity index (χ4v) is 2.91. The molecular weight excluding hydrogens is 513 g/mol. The molecule has 8 nitrogen and oxygen atoms in total. The molecule has 29 heavy (non-hydrogen) atoms. The quantitative estimate of drug-likeness (QED) is 0.0680. The van der Waals surface area contributed by atoms with Crippen molar-refractivity contribution in [2.24, 2.45) is 5.92 Å². The summed E-state index contributed by atoms with van der Waals surface area (Å²) in [5.41, 5.74) is -0.113. The van der Waals surface area contributed by atoms with Crippen LogP contribution in [0.5, 0.6) is 5.75 Å². The maximum Gasteiger partial charge on any atom is 0.511 e. The van der Waals surface area contributed by atoms with Gasteiger partial charge in [0.1, 0.15) is 12.4 Å². The molecule has 0 fully saturated rings. The summed E-state index contributed by atoms with van der Waals surface area (Å²) in [5.74, 6) is 1.90. The Labute approximate surface area is 186 Å². The van der Waals surface area contributed by atoms with Gasteiger partial charge in [-0.1, -0.05) is 34.4 Å². The highest BCUT2D eigenvalue weighted by Gasteiger charge is 2.06. The number of carboxylic acid groups (broad SMARTS) is 1. The first kappa shape index (κ1) is 27.2. The molecule has 1 aromatic rings. The Hall–Kier alpha value is -1.82. The first-order valence-corrected chi connectivity index (χ1v) is 12.5. The minimum Gasteiger partial charge on any atom is -0.467 e. The van der Waals surface area contributed by atoms with Crippen molar-refractivity contribution in [2.75, 3.05) is 12.4 Å². The summed E-state index contributed by atoms with van der Waals surface area (Å²) in [6.07, 6.45) is 10.1. The average Bonchev–Trinajstić information content (AvgIpc) is 2.66. The Kier molecular flexibility index (Phi) is 17.1. The molecule has 1 atom stereocenters. The van der Waals surface area contributed by atoms with Crippen molar-refractivity contribution in [2.45, 2.75) is 39.0 Å². The minimum absolute atomic E-state index is 0.0538. The van der Waals surface area contributed by atoms with Crippen LogP contribution in [0.25, 0.3) is 0 Å². The summed E-state index contributed by atoms with van der Waals surface area (Å²) in [6, 6.07) is 4.76. The van der Waals surface area contributed by atoms with Crippen LogP contribution in [0.1, 0.15) is 39.0 Å². The lowest BCUT2D eigenvalue weighted by molar-refractivity contribution is -0.384. The van der Waals surface area contributed by atoms with Crippen LogP contribution in [0.4, 0.5) is 10.5 Å². The van der Waals surface area contributed by atoms with E-state index in [1.54, 1.807) is 8.93 Å². The number of ether oxygens (including phenoxy) is 2. The number of nitrogens with zero attached hydrogens (tertiary/aromatic N) is 1. The van der Waals surface area contributed by atoms with Gasteiger partial charge in [-0.05, 0) is 64.9 Å². The van der Waals surface area contributed by atoms with Crippen LogP contribution in [0, 0.1) is 16.0 Å². The average molecular weight is 539 g/mol. The number of rotatable bonds is 6. The summed E-state index contributed by atoms with van der Waals surface area (Å²) in [5, 5.41) is 18.4. The van der Waals surface area contributed by atoms with Gasteiger partial charge in [0.05, 0.1) is 4.92 Å². The minimum atomic E-state index is -1.45. The Morgan fingerprint density at radius 3 is 2.52 bits per heavy atom. The van der Waals surface area contributed by atoms with E-state index in [2.05, 4.69) is 49.8 Å². The summed E-state index contributed by atoms with van der Waals surface area (Å²) >= 11 is 2.15. The van der Waals surface area contributed by atoms with Crippen molar-refractivity contribution in [3.8, 4) is 5.75 Å². The second kappa shape index (κ2) is 18.2. The van der Waals surface area contributed by atoms with Crippen molar-refractivity contribution in [3.05, 3.63) is 46.5 Å². The molecule has 0 aliphatic heterocycles. The van der Waals surface area contributed by atoms with Gasteiger partial charge in [0, 0.05) is 17.9 Å². The van der Waals surface area contributed by atoms with Crippen LogP contribution in [-0.4, -0.2) is 35.0 Å². The molecule has 0 radical (unpaired) electrons. The summed E-state index contributed by atoms with van der Waals surface area (Å²) < 4.78 is 8.61. The third-order valence-electron chi connectivity index (χ3n) is 3.66. The molecule has 0 bridgehead atoms. The molecular formula is C19H26INO7S. The number of hydrogen-bond acceptors (Lipinski definition) is 7. The molecule has 0 saturated heterocycles. The Morgan fingerprint density at radius 1 is 1.31 bits per heavy atom. The lowest BCUT2D eigenvalue weighted by Gasteiger charge is -2.10. The van der Waals surface area contributed by atoms with E-state index in [-0.39, 0.29) is 11.4 Å². The molecule has 2 rings (SSSR count). The molecule has 162 valence electrons. The maximum absolute atomic E-state index is 10.2. The molecule has 1 N–H and O–H groups in total. The van der Waals surface area contributed by atoms with Gasteiger partial charge in [-0.15, -0.1) is 0 Å². The lowest BCUT2D eigenvalue weighted by Crippen LogP contribution is -2.02. The predicted octanol–water partition coefficient (Wildman–Crippen LogP) is 6.04. The molecule has 0 spiro atoms. The molecule has 0 aromatic heterocycles. The zero-order chi connectivity index (χ0) is 21.9. The van der Waals surface area contributed by atoms with E-state index in [4.69, 9.17) is 5.11 Å². The third-order valence-corrected chi connectivity index (χ3v) is 5.30. The SMILES string of the molecule is CC1CC/C=C/CCC1.O=C(O)Oc1ccc([N+](=O)[O-])cc1.O=COCCSI. The number of carbonyl (C=O) groups is 2. The number of halogens is 1. The van der Waals surface area contributed by atoms with Crippen molar-refractivity contribution in [1.29, 1.82) is 0 Å². The van der Waals surface area contributed by atoms with Crippen LogP contribution in [-0.2, 0) is 9.53 Å². The van der Waals surface area contributed by atoms with Crippen molar-refractivity contribution >= 4 is 48.5 Å². The van der Waals surface area contributed by atoms with Crippen LogP contribution in [0.2, 0.25) is 0 Å². The number of non-ortho nitro benzene ring substituents is 1. The Morgan fingerprint density at radius 2 is 1.97 bits per heavy atom. The van der Waals surface area contributed by atoms with Gasteiger partial charge in [-0.2, -0.15) is 0 Å². The first-order chi connectivity index (χ1) is 13.9. The van der Waals surface area contributed by atoms with Crippen LogP contribution in [0.3, 0.4) is 0 Å². The van der Waals surface area contributed by atoms with E-state index < -0.39 is 11.1 Å². The first-order valence-electron chi connectivity index (χ1n) is 8.99. The van der Waals surface area contributed by atoms with E-state index in [0.29, 0.717) is 13.1 Å². The van der Waals surface area contributed by atoms with E-state index in [9.17, 15) is 19.7 Å². The van der Waals surface area contributed by atoms with Crippen molar-refractivity contribution in [3.63, 3.8) is 0 Å². The van der Waals surface area contributed by atoms with Crippen LogP contribution >= 0.6 is 30.1 Å². The zero-order valence-electron chi connectivity index (χ0n) is 16.2. The largest absolute Gasteiger partial charge is 0.511 e. The number of allylic oxidation sites excluding steroid dienone is 2. The van der Waals surface area contributed by atoms with Crippen LogP contribution in [0.15, 0.2) is 36.4 Å². The van der Waals surface area contributed by atoms with Gasteiger partial charge in [0.2, 0.25) is 0 Å². The summed E-state index contributed by atoms with van der Waals surface area (Å²) in [4.78, 5) is 29.1. The molecule has 0 heterocycles. The smallest absolute Gasteiger partial charge is 0.467 e. The van der Waals surface area contributed by atoms with E-state index in [1.807, 2.05) is 0 Å². The highest BCUT2D eigenvalue weighted by molar-refractivity contribution is 14.2. The molecule has 1 aromatic carbocycles. The van der Waals surface area contributed by atoms with Gasteiger partial charge in [-0.25, -0.2) is 4.79 Å².